The van der Waals surface area contributed by atoms with Crippen LogP contribution in [0, 0.1) is 0 Å². The summed E-state index contributed by atoms with van der Waals surface area (Å²) < 4.78 is 10.4. The van der Waals surface area contributed by atoms with Crippen molar-refractivity contribution in [2.45, 2.75) is 0 Å². The lowest BCUT2D eigenvalue weighted by Crippen LogP contribution is -2.34. The molecule has 2 aromatic carbocycles. The maximum absolute atomic E-state index is 12.2. The molecule has 0 heterocycles. The highest BCUT2D eigenvalue weighted by atomic mass is 35.5. The Hall–Kier alpha value is -2.15. The van der Waals surface area contributed by atoms with Crippen LogP contribution in [0.25, 0.3) is 0 Å². The highest BCUT2D eigenvalue weighted by Crippen LogP contribution is 2.15. The van der Waals surface area contributed by atoms with E-state index < -0.39 is 0 Å². The third-order valence-electron chi connectivity index (χ3n) is 2.98. The number of carbonyl (C=O) groups is 1. The van der Waals surface area contributed by atoms with Gasteiger partial charge in [0.05, 0.1) is 6.61 Å². The highest BCUT2D eigenvalue weighted by Gasteiger charge is 2.08. The lowest BCUT2D eigenvalue weighted by molar-refractivity contribution is 0.0977. The number of thiocarbonyl (C=S) groups is 1. The molecule has 0 fully saturated rings. The number of hydrogen-bond acceptors (Lipinski definition) is 4. The first-order valence-corrected chi connectivity index (χ1v) is 7.97. The molecule has 0 spiro atoms. The largest absolute Gasteiger partial charge is 0.491 e. The Bertz CT molecular complexity index is 707. The summed E-state index contributed by atoms with van der Waals surface area (Å²) in [4.78, 5) is 12.2. The molecule has 0 radical (unpaired) electrons. The predicted octanol–water partition coefficient (Wildman–Crippen LogP) is 3.49. The lowest BCUT2D eigenvalue weighted by Gasteiger charge is -2.10. The third kappa shape index (κ3) is 5.81. The quantitative estimate of drug-likeness (QED) is 0.607. The molecular weight excluding hydrogens is 348 g/mol. The fraction of sp³-hybridized carbons (Fsp3) is 0.176. The number of nitrogens with one attached hydrogen (secondary N) is 2. The average Bonchev–Trinajstić information content (AvgIpc) is 2.55. The van der Waals surface area contributed by atoms with E-state index in [1.807, 2.05) is 0 Å². The summed E-state index contributed by atoms with van der Waals surface area (Å²) in [5.41, 5.74) is 1.18. The van der Waals surface area contributed by atoms with Crippen molar-refractivity contribution in [3.8, 4) is 5.75 Å². The van der Waals surface area contributed by atoms with Crippen LogP contribution in [0.1, 0.15) is 10.4 Å². The fourth-order valence-corrected chi connectivity index (χ4v) is 2.25. The van der Waals surface area contributed by atoms with Crippen LogP contribution in [0.4, 0.5) is 5.69 Å². The van der Waals surface area contributed by atoms with E-state index in [2.05, 4.69) is 10.6 Å². The molecule has 0 saturated carbocycles. The van der Waals surface area contributed by atoms with E-state index in [-0.39, 0.29) is 11.0 Å². The minimum atomic E-state index is -0.307. The van der Waals surface area contributed by atoms with Crippen LogP contribution in [-0.4, -0.2) is 31.3 Å². The van der Waals surface area contributed by atoms with Crippen LogP contribution in [0.3, 0.4) is 0 Å². The zero-order valence-electron chi connectivity index (χ0n) is 13.0. The number of hydrogen-bond donors (Lipinski definition) is 2. The molecule has 7 heteroatoms. The molecule has 0 saturated heterocycles. The van der Waals surface area contributed by atoms with Gasteiger partial charge in [0.25, 0.3) is 5.91 Å². The van der Waals surface area contributed by atoms with Crippen LogP contribution in [0.2, 0.25) is 5.02 Å². The lowest BCUT2D eigenvalue weighted by atomic mass is 10.2. The molecule has 0 aliphatic rings. The second-order valence-electron chi connectivity index (χ2n) is 4.78. The first-order chi connectivity index (χ1) is 11.6. The summed E-state index contributed by atoms with van der Waals surface area (Å²) in [7, 11) is 1.61. The van der Waals surface area contributed by atoms with E-state index in [0.717, 1.165) is 0 Å². The van der Waals surface area contributed by atoms with E-state index in [9.17, 15) is 4.79 Å². The molecule has 24 heavy (non-hydrogen) atoms. The van der Waals surface area contributed by atoms with Gasteiger partial charge in [-0.2, -0.15) is 0 Å². The molecule has 5 nitrogen and oxygen atoms in total. The van der Waals surface area contributed by atoms with Crippen LogP contribution >= 0.6 is 23.8 Å². The molecule has 2 aromatic rings. The van der Waals surface area contributed by atoms with Gasteiger partial charge in [0.15, 0.2) is 5.11 Å². The Labute approximate surface area is 150 Å². The minimum Gasteiger partial charge on any atom is -0.491 e. The number of methoxy groups -OCH3 is 1. The summed E-state index contributed by atoms with van der Waals surface area (Å²) in [6.07, 6.45) is 0. The van der Waals surface area contributed by atoms with Gasteiger partial charge in [-0.3, -0.25) is 10.1 Å². The van der Waals surface area contributed by atoms with Crippen molar-refractivity contribution in [2.75, 3.05) is 25.6 Å². The smallest absolute Gasteiger partial charge is 0.257 e. The number of amides is 1. The Balaban J connectivity index is 1.88. The normalized spacial score (nSPS) is 10.1. The maximum Gasteiger partial charge on any atom is 0.257 e. The maximum atomic E-state index is 12.2. The van der Waals surface area contributed by atoms with Crippen molar-refractivity contribution in [2.24, 2.45) is 0 Å². The van der Waals surface area contributed by atoms with Crippen molar-refractivity contribution in [3.63, 3.8) is 0 Å². The van der Waals surface area contributed by atoms with E-state index >= 15 is 0 Å². The average molecular weight is 365 g/mol. The molecule has 0 aromatic heterocycles. The zero-order valence-corrected chi connectivity index (χ0v) is 14.6. The van der Waals surface area contributed by atoms with Crippen molar-refractivity contribution in [1.29, 1.82) is 0 Å². The zero-order chi connectivity index (χ0) is 17.4. The van der Waals surface area contributed by atoms with Gasteiger partial charge in [0.1, 0.15) is 12.4 Å². The van der Waals surface area contributed by atoms with Gasteiger partial charge >= 0.3 is 0 Å². The Morgan fingerprint density at radius 1 is 1.17 bits per heavy atom. The van der Waals surface area contributed by atoms with Gasteiger partial charge in [-0.05, 0) is 54.7 Å². The summed E-state index contributed by atoms with van der Waals surface area (Å²) in [5, 5.41) is 6.30. The number of anilines is 1. The monoisotopic (exact) mass is 364 g/mol. The van der Waals surface area contributed by atoms with Crippen LogP contribution < -0.4 is 15.4 Å². The number of halogens is 1. The first kappa shape index (κ1) is 18.2. The van der Waals surface area contributed by atoms with E-state index in [0.29, 0.717) is 35.2 Å². The highest BCUT2D eigenvalue weighted by molar-refractivity contribution is 7.80. The topological polar surface area (TPSA) is 59.6 Å². The Morgan fingerprint density at radius 2 is 1.92 bits per heavy atom. The number of carbonyl (C=O) groups excluding carboxylic acids is 1. The van der Waals surface area contributed by atoms with Crippen molar-refractivity contribution in [1.82, 2.24) is 5.32 Å². The Morgan fingerprint density at radius 3 is 2.58 bits per heavy atom. The van der Waals surface area contributed by atoms with E-state index in [4.69, 9.17) is 33.3 Å². The summed E-state index contributed by atoms with van der Waals surface area (Å²) in [6, 6.07) is 13.8. The molecule has 2 N–H and O–H groups in total. The molecule has 0 aliphatic carbocycles. The number of benzene rings is 2. The number of rotatable bonds is 6. The number of ether oxygens (including phenoxy) is 2. The van der Waals surface area contributed by atoms with Crippen LogP contribution in [0.5, 0.6) is 5.75 Å². The summed E-state index contributed by atoms with van der Waals surface area (Å²) in [6.45, 7) is 0.960. The third-order valence-corrected chi connectivity index (χ3v) is 3.42. The molecule has 126 valence electrons. The van der Waals surface area contributed by atoms with Gasteiger partial charge in [0.2, 0.25) is 0 Å². The van der Waals surface area contributed by atoms with Gasteiger partial charge < -0.3 is 14.8 Å². The molecule has 0 aliphatic heterocycles. The standard InChI is InChI=1S/C17H17ClN2O3S/c1-22-9-10-23-15-7-5-12(6-8-15)16(21)20-17(24)19-14-4-2-3-13(18)11-14/h2-8,11H,9-10H2,1H3,(H2,19,20,21,24). The Kier molecular flexibility index (Phi) is 6.99. The van der Waals surface area contributed by atoms with E-state index in [1.165, 1.54) is 0 Å². The summed E-state index contributed by atoms with van der Waals surface area (Å²) in [5.74, 6) is 0.362. The van der Waals surface area contributed by atoms with Gasteiger partial charge in [0, 0.05) is 23.4 Å². The van der Waals surface area contributed by atoms with Crippen molar-refractivity contribution >= 4 is 40.5 Å². The second-order valence-corrected chi connectivity index (χ2v) is 5.63. The molecule has 0 bridgehead atoms. The van der Waals surface area contributed by atoms with E-state index in [1.54, 1.807) is 55.6 Å². The second kappa shape index (κ2) is 9.22. The van der Waals surface area contributed by atoms with Gasteiger partial charge in [-0.15, -0.1) is 0 Å². The predicted molar refractivity (Wildman–Crippen MR) is 99.0 cm³/mol. The SMILES string of the molecule is COCCOc1ccc(C(=O)NC(=S)Nc2cccc(Cl)c2)cc1. The fourth-order valence-electron chi connectivity index (χ4n) is 1.85. The first-order valence-electron chi connectivity index (χ1n) is 7.18. The molecular formula is C17H17ClN2O3S. The molecule has 2 rings (SSSR count). The molecule has 0 atom stereocenters. The minimum absolute atomic E-state index is 0.197. The van der Waals surface area contributed by atoms with Crippen LogP contribution in [-0.2, 0) is 4.74 Å². The summed E-state index contributed by atoms with van der Waals surface area (Å²) >= 11 is 11.0. The van der Waals surface area contributed by atoms with Crippen LogP contribution in [0.15, 0.2) is 48.5 Å². The molecule has 1 amide bonds. The van der Waals surface area contributed by atoms with Gasteiger partial charge in [-0.1, -0.05) is 17.7 Å². The van der Waals surface area contributed by atoms with Gasteiger partial charge in [-0.25, -0.2) is 0 Å². The van der Waals surface area contributed by atoms with Crippen molar-refractivity contribution in [3.05, 3.63) is 59.1 Å². The molecule has 0 unspecified atom stereocenters. The van der Waals surface area contributed by atoms with Crippen molar-refractivity contribution < 1.29 is 14.3 Å².